The molecule has 0 saturated carbocycles. The number of halogens is 1. The minimum absolute atomic E-state index is 0.00360. The highest BCUT2D eigenvalue weighted by Crippen LogP contribution is 2.27. The van der Waals surface area contributed by atoms with Gasteiger partial charge in [0.25, 0.3) is 0 Å². The lowest BCUT2D eigenvalue weighted by atomic mass is 9.95. The minimum atomic E-state index is -1.23. The summed E-state index contributed by atoms with van der Waals surface area (Å²) in [5.74, 6) is -0.201. The molecule has 0 bridgehead atoms. The molecule has 0 spiro atoms. The molecule has 0 radical (unpaired) electrons. The van der Waals surface area contributed by atoms with Gasteiger partial charge in [0.2, 0.25) is 11.8 Å². The molecule has 1 saturated heterocycles. The molecule has 0 unspecified atom stereocenters. The number of likely N-dealkylation sites (tertiary alicyclic amines) is 1. The van der Waals surface area contributed by atoms with Gasteiger partial charge in [0.15, 0.2) is 0 Å². The first-order valence-electron chi connectivity index (χ1n) is 12.5. The van der Waals surface area contributed by atoms with Crippen LogP contribution in [0.1, 0.15) is 65.9 Å². The van der Waals surface area contributed by atoms with E-state index >= 15 is 0 Å². The molecule has 190 valence electrons. The third-order valence-electron chi connectivity index (χ3n) is 7.22. The lowest BCUT2D eigenvalue weighted by molar-refractivity contribution is -0.138. The number of alkyl halides is 1. The molecule has 2 heterocycles. The summed E-state index contributed by atoms with van der Waals surface area (Å²) in [4.78, 5) is 28.2. The van der Waals surface area contributed by atoms with Crippen molar-refractivity contribution in [1.82, 2.24) is 20.0 Å². The number of hydrogen-bond acceptors (Lipinski definition) is 3. The van der Waals surface area contributed by atoms with Crippen LogP contribution in [0.3, 0.4) is 0 Å². The van der Waals surface area contributed by atoms with E-state index in [4.69, 9.17) is 0 Å². The Bertz CT molecular complexity index is 1220. The molecule has 1 aromatic heterocycles. The Morgan fingerprint density at radius 3 is 2.22 bits per heavy atom. The molecule has 1 N–H and O–H groups in total. The Labute approximate surface area is 212 Å². The predicted molar refractivity (Wildman–Crippen MR) is 138 cm³/mol. The standard InChI is InChI=1S/C29H35FN4O2/c1-18(2)21-11-13-23(14-12-21)28(22-9-7-6-8-10-22)31-29(36)26-15-24(30)17-34(26)27(35)16-25-19(3)32-33(5)20(25)4/h6-14,18,24,26,28H,15-17H2,1-5H3,(H,31,36)/t24-,26+,28+/m1/s1. The molecule has 3 aromatic rings. The van der Waals surface area contributed by atoms with E-state index in [0.29, 0.717) is 5.92 Å². The summed E-state index contributed by atoms with van der Waals surface area (Å²) in [5, 5.41) is 7.50. The fourth-order valence-electron chi connectivity index (χ4n) is 4.95. The van der Waals surface area contributed by atoms with E-state index in [0.717, 1.165) is 28.1 Å². The maximum absolute atomic E-state index is 14.6. The molecule has 36 heavy (non-hydrogen) atoms. The Hall–Kier alpha value is -3.48. The zero-order valence-electron chi connectivity index (χ0n) is 21.7. The maximum atomic E-state index is 14.6. The van der Waals surface area contributed by atoms with Crippen LogP contribution in [0.2, 0.25) is 0 Å². The van der Waals surface area contributed by atoms with Gasteiger partial charge in [-0.05, 0) is 36.5 Å². The second kappa shape index (κ2) is 10.6. The van der Waals surface area contributed by atoms with Crippen molar-refractivity contribution in [3.63, 3.8) is 0 Å². The zero-order chi connectivity index (χ0) is 26.0. The van der Waals surface area contributed by atoms with Crippen molar-refractivity contribution < 1.29 is 14.0 Å². The monoisotopic (exact) mass is 490 g/mol. The third kappa shape index (κ3) is 5.35. The van der Waals surface area contributed by atoms with Crippen molar-refractivity contribution in [3.8, 4) is 0 Å². The van der Waals surface area contributed by atoms with Gasteiger partial charge in [0, 0.05) is 24.7 Å². The van der Waals surface area contributed by atoms with Gasteiger partial charge in [-0.15, -0.1) is 0 Å². The molecule has 1 aliphatic rings. The van der Waals surface area contributed by atoms with Gasteiger partial charge in [0.1, 0.15) is 12.2 Å². The second-order valence-corrected chi connectivity index (χ2v) is 10.0. The molecule has 1 aliphatic heterocycles. The first-order valence-corrected chi connectivity index (χ1v) is 12.5. The Balaban J connectivity index is 1.57. The highest BCUT2D eigenvalue weighted by molar-refractivity contribution is 5.89. The number of nitrogens with one attached hydrogen (secondary N) is 1. The number of hydrogen-bond donors (Lipinski definition) is 1. The fourth-order valence-corrected chi connectivity index (χ4v) is 4.95. The summed E-state index contributed by atoms with van der Waals surface area (Å²) >= 11 is 0. The first kappa shape index (κ1) is 25.6. The van der Waals surface area contributed by atoms with Crippen LogP contribution in [0.25, 0.3) is 0 Å². The Kier molecular flexibility index (Phi) is 7.57. The van der Waals surface area contributed by atoms with Gasteiger partial charge < -0.3 is 10.2 Å². The minimum Gasteiger partial charge on any atom is -0.343 e. The molecule has 2 amide bonds. The molecule has 6 nitrogen and oxygen atoms in total. The van der Waals surface area contributed by atoms with E-state index in [9.17, 15) is 14.0 Å². The quantitative estimate of drug-likeness (QED) is 0.529. The van der Waals surface area contributed by atoms with Crippen LogP contribution in [0, 0.1) is 13.8 Å². The highest BCUT2D eigenvalue weighted by atomic mass is 19.1. The van der Waals surface area contributed by atoms with Crippen LogP contribution >= 0.6 is 0 Å². The summed E-state index contributed by atoms with van der Waals surface area (Å²) in [6.45, 7) is 7.97. The smallest absolute Gasteiger partial charge is 0.243 e. The van der Waals surface area contributed by atoms with E-state index in [1.54, 1.807) is 4.68 Å². The summed E-state index contributed by atoms with van der Waals surface area (Å²) in [5.41, 5.74) is 5.58. The van der Waals surface area contributed by atoms with Gasteiger partial charge >= 0.3 is 0 Å². The number of rotatable bonds is 7. The van der Waals surface area contributed by atoms with E-state index in [-0.39, 0.29) is 31.2 Å². The highest BCUT2D eigenvalue weighted by Gasteiger charge is 2.40. The third-order valence-corrected chi connectivity index (χ3v) is 7.22. The van der Waals surface area contributed by atoms with E-state index in [1.165, 1.54) is 10.5 Å². The van der Waals surface area contributed by atoms with Crippen LogP contribution in [-0.2, 0) is 23.1 Å². The van der Waals surface area contributed by atoms with Crippen molar-refractivity contribution in [3.05, 3.63) is 88.2 Å². The number of carbonyl (C=O) groups is 2. The Morgan fingerprint density at radius 1 is 1.03 bits per heavy atom. The van der Waals surface area contributed by atoms with Gasteiger partial charge in [-0.2, -0.15) is 5.10 Å². The normalized spacial score (nSPS) is 18.5. The molecule has 3 atom stereocenters. The molecule has 1 fully saturated rings. The average molecular weight is 491 g/mol. The van der Waals surface area contributed by atoms with E-state index < -0.39 is 18.3 Å². The average Bonchev–Trinajstić information content (AvgIpc) is 3.37. The number of amides is 2. The van der Waals surface area contributed by atoms with Gasteiger partial charge in [-0.25, -0.2) is 4.39 Å². The van der Waals surface area contributed by atoms with Crippen LogP contribution < -0.4 is 5.32 Å². The van der Waals surface area contributed by atoms with Crippen molar-refractivity contribution in [2.24, 2.45) is 7.05 Å². The largest absolute Gasteiger partial charge is 0.343 e. The predicted octanol–water partition coefficient (Wildman–Crippen LogP) is 4.55. The molecular formula is C29H35FN4O2. The topological polar surface area (TPSA) is 67.2 Å². The fraction of sp³-hybridized carbons (Fsp3) is 0.414. The molecular weight excluding hydrogens is 455 g/mol. The summed E-state index contributed by atoms with van der Waals surface area (Å²) in [6, 6.07) is 16.6. The second-order valence-electron chi connectivity index (χ2n) is 10.0. The van der Waals surface area contributed by atoms with Crippen molar-refractivity contribution in [1.29, 1.82) is 0 Å². The number of nitrogens with zero attached hydrogens (tertiary/aromatic N) is 3. The summed E-state index contributed by atoms with van der Waals surface area (Å²) < 4.78 is 16.3. The zero-order valence-corrected chi connectivity index (χ0v) is 21.7. The lowest BCUT2D eigenvalue weighted by Gasteiger charge is -2.27. The number of carbonyl (C=O) groups excluding carboxylic acids is 2. The molecule has 4 rings (SSSR count). The lowest BCUT2D eigenvalue weighted by Crippen LogP contribution is -2.47. The first-order chi connectivity index (χ1) is 17.2. The van der Waals surface area contributed by atoms with Crippen molar-refractivity contribution >= 4 is 11.8 Å². The molecule has 7 heteroatoms. The van der Waals surface area contributed by atoms with E-state index in [2.05, 4.69) is 36.4 Å². The SMILES string of the molecule is Cc1nn(C)c(C)c1CC(=O)N1C[C@H](F)C[C@H]1C(=O)N[C@@H](c1ccccc1)c1ccc(C(C)C)cc1. The van der Waals surface area contributed by atoms with Gasteiger partial charge in [-0.1, -0.05) is 68.4 Å². The van der Waals surface area contributed by atoms with Gasteiger partial charge in [-0.3, -0.25) is 14.3 Å². The van der Waals surface area contributed by atoms with E-state index in [1.807, 2.05) is 63.4 Å². The van der Waals surface area contributed by atoms with Crippen LogP contribution in [-0.4, -0.2) is 45.3 Å². The maximum Gasteiger partial charge on any atom is 0.243 e. The van der Waals surface area contributed by atoms with Crippen molar-refractivity contribution in [2.75, 3.05) is 6.54 Å². The molecule has 0 aliphatic carbocycles. The summed E-state index contributed by atoms with van der Waals surface area (Å²) in [6.07, 6.45) is -1.14. The number of aryl methyl sites for hydroxylation is 2. The van der Waals surface area contributed by atoms with Crippen LogP contribution in [0.5, 0.6) is 0 Å². The van der Waals surface area contributed by atoms with Crippen molar-refractivity contribution in [2.45, 2.75) is 64.7 Å². The molecule has 2 aromatic carbocycles. The number of aromatic nitrogens is 2. The van der Waals surface area contributed by atoms with Crippen LogP contribution in [0.4, 0.5) is 4.39 Å². The summed E-state index contributed by atoms with van der Waals surface area (Å²) in [7, 11) is 1.83. The van der Waals surface area contributed by atoms with Crippen LogP contribution in [0.15, 0.2) is 54.6 Å². The number of benzene rings is 2. The van der Waals surface area contributed by atoms with Gasteiger partial charge in [0.05, 0.1) is 24.7 Å². The Morgan fingerprint density at radius 2 is 1.64 bits per heavy atom.